The van der Waals surface area contributed by atoms with Crippen molar-refractivity contribution in [2.75, 3.05) is 0 Å². The molecule has 0 saturated carbocycles. The maximum absolute atomic E-state index is 12.6. The number of aromatic amines is 1. The third kappa shape index (κ3) is 2.94. The Morgan fingerprint density at radius 1 is 1.18 bits per heavy atom. The van der Waals surface area contributed by atoms with Gasteiger partial charge < -0.3 is 25.0 Å². The van der Waals surface area contributed by atoms with Crippen molar-refractivity contribution in [3.8, 4) is 11.5 Å². The van der Waals surface area contributed by atoms with Gasteiger partial charge in [-0.25, -0.2) is 0 Å². The Bertz CT molecular complexity index is 711. The van der Waals surface area contributed by atoms with E-state index < -0.39 is 44.7 Å². The molecule has 0 aliphatic rings. The first kappa shape index (κ1) is 15.2. The summed E-state index contributed by atoms with van der Waals surface area (Å²) < 4.78 is 42.6. The van der Waals surface area contributed by atoms with E-state index >= 15 is 0 Å². The summed E-state index contributed by atoms with van der Waals surface area (Å²) in [7, 11) is 0. The topological polar surface area (TPSA) is 124 Å². The van der Waals surface area contributed by atoms with E-state index in [0.29, 0.717) is 6.07 Å². The van der Waals surface area contributed by atoms with Gasteiger partial charge in [-0.15, -0.1) is 0 Å². The van der Waals surface area contributed by atoms with Crippen LogP contribution in [-0.2, 0) is 6.18 Å². The SMILES string of the molecule is O=[N+]([O-])c1n[nH]c([N+](=O)[O-])c1Oc1cccc(C(F)(F)F)c1. The van der Waals surface area contributed by atoms with Gasteiger partial charge >= 0.3 is 23.6 Å². The number of H-pyrrole nitrogens is 1. The minimum absolute atomic E-state index is 0.456. The molecule has 12 heteroatoms. The maximum Gasteiger partial charge on any atom is 0.463 e. The van der Waals surface area contributed by atoms with E-state index in [9.17, 15) is 33.4 Å². The van der Waals surface area contributed by atoms with Crippen molar-refractivity contribution in [2.45, 2.75) is 6.18 Å². The highest BCUT2D eigenvalue weighted by atomic mass is 19.4. The maximum atomic E-state index is 12.6. The van der Waals surface area contributed by atoms with Gasteiger partial charge in [0.25, 0.3) is 0 Å². The Hall–Kier alpha value is -3.18. The Morgan fingerprint density at radius 2 is 1.86 bits per heavy atom. The number of nitro groups is 2. The summed E-state index contributed by atoms with van der Waals surface area (Å²) in [5.41, 5.74) is -1.07. The molecule has 9 nitrogen and oxygen atoms in total. The van der Waals surface area contributed by atoms with Gasteiger partial charge in [0, 0.05) is 0 Å². The standard InChI is InChI=1S/C10H5F3N4O5/c11-10(12,13)5-2-1-3-6(4-5)22-7-8(16(18)19)14-15-9(7)17(20)21/h1-4H,(H,14,15). The zero-order valence-corrected chi connectivity index (χ0v) is 10.3. The minimum Gasteiger partial charge on any atom is -0.442 e. The summed E-state index contributed by atoms with van der Waals surface area (Å²) in [6.45, 7) is 0. The number of rotatable bonds is 4. The summed E-state index contributed by atoms with van der Waals surface area (Å²) in [6, 6.07) is 3.37. The van der Waals surface area contributed by atoms with Crippen LogP contribution in [-0.4, -0.2) is 20.0 Å². The molecular weight excluding hydrogens is 313 g/mol. The third-order valence-corrected chi connectivity index (χ3v) is 2.42. The lowest BCUT2D eigenvalue weighted by Gasteiger charge is -2.08. The van der Waals surface area contributed by atoms with Crippen molar-refractivity contribution in [3.05, 3.63) is 50.1 Å². The quantitative estimate of drug-likeness (QED) is 0.682. The fourth-order valence-electron chi connectivity index (χ4n) is 1.51. The molecule has 0 saturated heterocycles. The number of benzene rings is 1. The van der Waals surface area contributed by atoms with Gasteiger partial charge in [-0.2, -0.15) is 13.2 Å². The monoisotopic (exact) mass is 318 g/mol. The van der Waals surface area contributed by atoms with E-state index in [1.807, 2.05) is 0 Å². The van der Waals surface area contributed by atoms with Crippen LogP contribution < -0.4 is 4.74 Å². The number of ether oxygens (including phenoxy) is 1. The number of nitrogens with zero attached hydrogens (tertiary/aromatic N) is 3. The van der Waals surface area contributed by atoms with Gasteiger partial charge in [0.05, 0.1) is 5.56 Å². The van der Waals surface area contributed by atoms with Crippen LogP contribution in [0.4, 0.5) is 24.8 Å². The lowest BCUT2D eigenvalue weighted by atomic mass is 10.2. The fraction of sp³-hybridized carbons (Fsp3) is 0.100. The van der Waals surface area contributed by atoms with Crippen LogP contribution in [0.5, 0.6) is 11.5 Å². The molecule has 1 N–H and O–H groups in total. The van der Waals surface area contributed by atoms with Crippen LogP contribution in [0, 0.1) is 20.2 Å². The average Bonchev–Trinajstić information content (AvgIpc) is 2.82. The van der Waals surface area contributed by atoms with Crippen LogP contribution in [0.1, 0.15) is 5.56 Å². The summed E-state index contributed by atoms with van der Waals surface area (Å²) in [5, 5.41) is 26.3. The number of hydrogen-bond donors (Lipinski definition) is 1. The fourth-order valence-corrected chi connectivity index (χ4v) is 1.51. The molecule has 0 spiro atoms. The third-order valence-electron chi connectivity index (χ3n) is 2.42. The average molecular weight is 318 g/mol. The molecule has 0 radical (unpaired) electrons. The lowest BCUT2D eigenvalue weighted by molar-refractivity contribution is -0.395. The lowest BCUT2D eigenvalue weighted by Crippen LogP contribution is -2.04. The molecule has 2 rings (SSSR count). The van der Waals surface area contributed by atoms with Gasteiger partial charge in [-0.1, -0.05) is 6.07 Å². The number of nitrogens with one attached hydrogen (secondary N) is 1. The van der Waals surface area contributed by atoms with Crippen LogP contribution in [0.25, 0.3) is 0 Å². The van der Waals surface area contributed by atoms with Crippen molar-refractivity contribution in [2.24, 2.45) is 0 Å². The number of halogens is 3. The summed E-state index contributed by atoms with van der Waals surface area (Å²) in [4.78, 5) is 19.3. The molecule has 2 aromatic rings. The molecule has 0 bridgehead atoms. The molecule has 0 atom stereocenters. The number of hydrogen-bond acceptors (Lipinski definition) is 6. The van der Waals surface area contributed by atoms with Crippen LogP contribution >= 0.6 is 0 Å². The molecular formula is C10H5F3N4O5. The molecule has 116 valence electrons. The largest absolute Gasteiger partial charge is 0.463 e. The summed E-state index contributed by atoms with van der Waals surface area (Å²) >= 11 is 0. The van der Waals surface area contributed by atoms with Crippen molar-refractivity contribution < 1.29 is 27.8 Å². The number of alkyl halides is 3. The minimum atomic E-state index is -4.66. The van der Waals surface area contributed by atoms with Gasteiger partial charge in [0.15, 0.2) is 5.10 Å². The van der Waals surface area contributed by atoms with Gasteiger partial charge in [0.2, 0.25) is 0 Å². The van der Waals surface area contributed by atoms with E-state index in [2.05, 4.69) is 5.10 Å². The van der Waals surface area contributed by atoms with Crippen LogP contribution in [0.2, 0.25) is 0 Å². The van der Waals surface area contributed by atoms with E-state index in [1.165, 1.54) is 0 Å². The number of aromatic nitrogens is 2. The summed E-state index contributed by atoms with van der Waals surface area (Å²) in [6.07, 6.45) is -4.66. The van der Waals surface area contributed by atoms with E-state index in [4.69, 9.17) is 4.74 Å². The molecule has 0 aliphatic heterocycles. The summed E-state index contributed by atoms with van der Waals surface area (Å²) in [5.74, 6) is -3.29. The Labute approximate surface area is 118 Å². The Morgan fingerprint density at radius 3 is 2.41 bits per heavy atom. The van der Waals surface area contributed by atoms with Crippen LogP contribution in [0.3, 0.4) is 0 Å². The first-order valence-electron chi connectivity index (χ1n) is 5.42. The van der Waals surface area contributed by atoms with E-state index in [0.717, 1.165) is 18.2 Å². The molecule has 1 aromatic heterocycles. The molecule has 1 heterocycles. The van der Waals surface area contributed by atoms with Crippen molar-refractivity contribution in [3.63, 3.8) is 0 Å². The highest BCUT2D eigenvalue weighted by Crippen LogP contribution is 2.39. The first-order chi connectivity index (χ1) is 10.2. The second-order valence-corrected chi connectivity index (χ2v) is 3.87. The second-order valence-electron chi connectivity index (χ2n) is 3.87. The zero-order valence-electron chi connectivity index (χ0n) is 10.3. The second kappa shape index (κ2) is 5.31. The zero-order chi connectivity index (χ0) is 16.5. The highest BCUT2D eigenvalue weighted by molar-refractivity contribution is 5.54. The molecule has 0 aliphatic carbocycles. The Kier molecular flexibility index (Phi) is 3.67. The van der Waals surface area contributed by atoms with Crippen molar-refractivity contribution in [1.29, 1.82) is 0 Å². The predicted molar refractivity (Wildman–Crippen MR) is 63.4 cm³/mol. The highest BCUT2D eigenvalue weighted by Gasteiger charge is 2.35. The van der Waals surface area contributed by atoms with Gasteiger partial charge in [-0.3, -0.25) is 0 Å². The molecule has 1 aromatic carbocycles. The van der Waals surface area contributed by atoms with Gasteiger partial charge in [-0.05, 0) is 33.1 Å². The Balaban J connectivity index is 2.45. The normalized spacial score (nSPS) is 11.2. The smallest absolute Gasteiger partial charge is 0.442 e. The van der Waals surface area contributed by atoms with Crippen molar-refractivity contribution >= 4 is 11.6 Å². The molecule has 0 amide bonds. The van der Waals surface area contributed by atoms with Crippen LogP contribution in [0.15, 0.2) is 24.3 Å². The molecule has 0 fully saturated rings. The van der Waals surface area contributed by atoms with E-state index in [1.54, 1.807) is 5.10 Å². The molecule has 0 unspecified atom stereocenters. The first-order valence-corrected chi connectivity index (χ1v) is 5.42. The van der Waals surface area contributed by atoms with Crippen molar-refractivity contribution in [1.82, 2.24) is 10.2 Å². The molecule has 22 heavy (non-hydrogen) atoms. The van der Waals surface area contributed by atoms with Gasteiger partial charge in [0.1, 0.15) is 5.75 Å². The predicted octanol–water partition coefficient (Wildman–Crippen LogP) is 3.04. The van der Waals surface area contributed by atoms with E-state index in [-0.39, 0.29) is 0 Å².